The molecule has 1 amide bonds. The van der Waals surface area contributed by atoms with Crippen LogP contribution in [0.25, 0.3) is 11.1 Å². The number of fused-ring (bicyclic) bond motifs is 3. The van der Waals surface area contributed by atoms with E-state index in [0.29, 0.717) is 17.9 Å². The zero-order chi connectivity index (χ0) is 36.0. The lowest BCUT2D eigenvalue weighted by atomic mass is 9.41. The molecular weight excluding hydrogens is 634 g/mol. The molecule has 0 aromatic heterocycles. The molecule has 1 aliphatic heterocycles. The predicted molar refractivity (Wildman–Crippen MR) is 172 cm³/mol. The van der Waals surface area contributed by atoms with E-state index in [1.54, 1.807) is 12.1 Å². The van der Waals surface area contributed by atoms with Gasteiger partial charge in [-0.25, -0.2) is 0 Å². The molecule has 258 valence electrons. The predicted octanol–water partition coefficient (Wildman–Crippen LogP) is -1.49. The van der Waals surface area contributed by atoms with Crippen LogP contribution < -0.4 is 27.7 Å². The van der Waals surface area contributed by atoms with Crippen LogP contribution in [0.4, 0.5) is 0 Å². The summed E-state index contributed by atoms with van der Waals surface area (Å²) in [5, 5.41) is 34.5. The second kappa shape index (κ2) is 11.5. The Morgan fingerprint density at radius 1 is 1.08 bits per heavy atom. The Morgan fingerprint density at radius 2 is 1.73 bits per heavy atom. The molecule has 4 aliphatic rings. The SMILES string of the molecule is COc1ccc(CN2CCCC2)cc1-c1ccc2c(c1O)C(=O)C1C(=O)[C@]3(C#N)C(=O)C(C(N)=O)C(=O)[C@@H](N(C)C)[C@]3(N)[C@@H](O)[C@]1(N)[C@H]2N. The van der Waals surface area contributed by atoms with Crippen LogP contribution in [0.3, 0.4) is 0 Å². The smallest absolute Gasteiger partial charge is 0.235 e. The Balaban J connectivity index is 1.55. The number of Topliss-reactive ketones (excluding diaryl/α,β-unsaturated/α-hetero) is 4. The first kappa shape index (κ1) is 34.3. The van der Waals surface area contributed by atoms with Gasteiger partial charge in [-0.05, 0) is 63.3 Å². The number of aromatic hydroxyl groups is 1. The number of carbonyl (C=O) groups is 5. The lowest BCUT2D eigenvalue weighted by Crippen LogP contribution is -2.92. The van der Waals surface area contributed by atoms with Gasteiger partial charge in [0.2, 0.25) is 5.91 Å². The Bertz CT molecular complexity index is 1870. The second-order valence-corrected chi connectivity index (χ2v) is 13.7. The van der Waals surface area contributed by atoms with E-state index in [-0.39, 0.29) is 11.1 Å². The van der Waals surface area contributed by atoms with Crippen molar-refractivity contribution in [2.24, 2.45) is 40.2 Å². The molecule has 2 unspecified atom stereocenters. The fourth-order valence-corrected chi connectivity index (χ4v) is 8.73. The number of amides is 1. The number of methoxy groups -OCH3 is 1. The number of hydrogen-bond acceptors (Lipinski definition) is 14. The van der Waals surface area contributed by atoms with Crippen LogP contribution in [0.5, 0.6) is 11.5 Å². The van der Waals surface area contributed by atoms with Gasteiger partial charge in [0.1, 0.15) is 17.4 Å². The van der Waals surface area contributed by atoms with Gasteiger partial charge < -0.3 is 37.9 Å². The molecule has 2 saturated carbocycles. The highest BCUT2D eigenvalue weighted by Crippen LogP contribution is 2.59. The number of benzene rings is 2. The molecule has 6 rings (SSSR count). The Labute approximate surface area is 281 Å². The first-order chi connectivity index (χ1) is 23.0. The number of primary amides is 1. The van der Waals surface area contributed by atoms with Crippen molar-refractivity contribution >= 4 is 29.0 Å². The van der Waals surface area contributed by atoms with Crippen LogP contribution in [0.2, 0.25) is 0 Å². The summed E-state index contributed by atoms with van der Waals surface area (Å²) >= 11 is 0. The first-order valence-electron chi connectivity index (χ1n) is 15.9. The molecule has 3 aliphatic carbocycles. The lowest BCUT2D eigenvalue weighted by Gasteiger charge is -2.64. The molecule has 8 atom stereocenters. The molecule has 2 aromatic carbocycles. The summed E-state index contributed by atoms with van der Waals surface area (Å²) in [7, 11) is 4.11. The summed E-state index contributed by atoms with van der Waals surface area (Å²) in [5.74, 6) is -11.4. The standard InChI is InChI=1S/C34H39N7O8/c1-40(2)27-25(44)21(30(37)47)28(45)32(14-35)29(46)22-24(43)20-17(26(36)33(22,38)31(48)34(27,32)39)8-7-16(23(20)42)18-12-15(6-9-19(18)49-3)13-41-10-4-5-11-41/h6-9,12,21-22,26-27,31,42,48H,4-5,10-11,13,36,38-39H2,1-3H3,(H2,37,47)/t21?,22?,26-,27+,31-,32-,33+,34-/m0/s1. The van der Waals surface area contributed by atoms with Gasteiger partial charge in [-0.3, -0.25) is 33.8 Å². The third-order valence-corrected chi connectivity index (χ3v) is 11.1. The normalized spacial score (nSPS) is 34.3. The van der Waals surface area contributed by atoms with Crippen molar-refractivity contribution in [3.8, 4) is 28.7 Å². The summed E-state index contributed by atoms with van der Waals surface area (Å²) in [4.78, 5) is 72.8. The van der Waals surface area contributed by atoms with E-state index in [9.17, 15) is 39.4 Å². The zero-order valence-electron chi connectivity index (χ0n) is 27.3. The topological polar surface area (TPSA) is 269 Å². The maximum absolute atomic E-state index is 14.7. The molecule has 1 heterocycles. The van der Waals surface area contributed by atoms with E-state index < -0.39 is 86.9 Å². The number of nitriles is 1. The summed E-state index contributed by atoms with van der Waals surface area (Å²) < 4.78 is 5.58. The van der Waals surface area contributed by atoms with Crippen LogP contribution in [0, 0.1) is 28.6 Å². The van der Waals surface area contributed by atoms with Gasteiger partial charge >= 0.3 is 0 Å². The number of likely N-dealkylation sites (N-methyl/N-ethyl adjacent to an activating group) is 1. The number of phenols is 1. The van der Waals surface area contributed by atoms with E-state index in [2.05, 4.69) is 4.90 Å². The van der Waals surface area contributed by atoms with Gasteiger partial charge in [-0.1, -0.05) is 18.2 Å². The van der Waals surface area contributed by atoms with Crippen molar-refractivity contribution in [2.45, 2.75) is 48.7 Å². The molecule has 15 nitrogen and oxygen atoms in total. The van der Waals surface area contributed by atoms with Crippen LogP contribution in [0.1, 0.15) is 40.4 Å². The number of nitrogens with zero attached hydrogens (tertiary/aromatic N) is 3. The fraction of sp³-hybridized carbons (Fsp3) is 0.471. The fourth-order valence-electron chi connectivity index (χ4n) is 8.73. The van der Waals surface area contributed by atoms with E-state index in [1.807, 2.05) is 12.1 Å². The van der Waals surface area contributed by atoms with Crippen molar-refractivity contribution < 1.29 is 38.9 Å². The minimum atomic E-state index is -3.14. The van der Waals surface area contributed by atoms with Gasteiger partial charge in [-0.2, -0.15) is 5.26 Å². The number of aliphatic hydroxyl groups excluding tert-OH is 1. The van der Waals surface area contributed by atoms with E-state index in [4.69, 9.17) is 27.7 Å². The average molecular weight is 674 g/mol. The van der Waals surface area contributed by atoms with Crippen molar-refractivity contribution in [1.82, 2.24) is 9.80 Å². The number of carbonyl (C=O) groups excluding carboxylic acids is 5. The van der Waals surface area contributed by atoms with Crippen LogP contribution >= 0.6 is 0 Å². The first-order valence-corrected chi connectivity index (χ1v) is 15.9. The van der Waals surface area contributed by atoms with Gasteiger partial charge in [0.15, 0.2) is 34.5 Å². The van der Waals surface area contributed by atoms with Gasteiger partial charge in [-0.15, -0.1) is 0 Å². The van der Waals surface area contributed by atoms with E-state index in [0.717, 1.165) is 36.4 Å². The van der Waals surface area contributed by atoms with Crippen molar-refractivity contribution in [1.29, 1.82) is 5.26 Å². The van der Waals surface area contributed by atoms with Crippen LogP contribution in [-0.2, 0) is 25.7 Å². The second-order valence-electron chi connectivity index (χ2n) is 13.7. The maximum atomic E-state index is 14.7. The monoisotopic (exact) mass is 673 g/mol. The quantitative estimate of drug-likeness (QED) is 0.191. The van der Waals surface area contributed by atoms with Gasteiger partial charge in [0.25, 0.3) is 0 Å². The number of ether oxygens (including phenoxy) is 1. The van der Waals surface area contributed by atoms with E-state index >= 15 is 0 Å². The molecule has 0 bridgehead atoms. The summed E-state index contributed by atoms with van der Waals surface area (Å²) in [5.41, 5.74) is 18.3. The maximum Gasteiger partial charge on any atom is 0.235 e. The average Bonchev–Trinajstić information content (AvgIpc) is 3.55. The molecule has 2 aromatic rings. The number of rotatable bonds is 6. The molecule has 10 N–H and O–H groups in total. The Morgan fingerprint density at radius 3 is 2.31 bits per heavy atom. The number of phenolic OH excluding ortho intramolecular Hbond substituents is 1. The van der Waals surface area contributed by atoms with Gasteiger partial charge in [0, 0.05) is 17.7 Å². The number of ketones is 4. The molecule has 0 spiro atoms. The summed E-state index contributed by atoms with van der Waals surface area (Å²) in [6, 6.07) is 6.58. The lowest BCUT2D eigenvalue weighted by molar-refractivity contribution is -0.181. The van der Waals surface area contributed by atoms with Crippen molar-refractivity contribution in [3.05, 3.63) is 47.0 Å². The molecule has 49 heavy (non-hydrogen) atoms. The van der Waals surface area contributed by atoms with Crippen molar-refractivity contribution in [3.63, 3.8) is 0 Å². The van der Waals surface area contributed by atoms with E-state index in [1.165, 1.54) is 33.3 Å². The van der Waals surface area contributed by atoms with Gasteiger partial charge in [0.05, 0.1) is 48.0 Å². The molecule has 0 radical (unpaired) electrons. The van der Waals surface area contributed by atoms with Crippen molar-refractivity contribution in [2.75, 3.05) is 34.3 Å². The largest absolute Gasteiger partial charge is 0.507 e. The Kier molecular flexibility index (Phi) is 8.06. The minimum Gasteiger partial charge on any atom is -0.507 e. The Hall–Kier alpha value is -4.56. The third kappa shape index (κ3) is 4.25. The molecule has 3 fully saturated rings. The highest BCUT2D eigenvalue weighted by molar-refractivity contribution is 6.33. The number of hydrogen-bond donors (Lipinski definition) is 6. The zero-order valence-corrected chi connectivity index (χ0v) is 27.3. The minimum absolute atomic E-state index is 0.0398. The van der Waals surface area contributed by atoms with Crippen LogP contribution in [-0.4, -0.2) is 107 Å². The van der Waals surface area contributed by atoms with Crippen LogP contribution in [0.15, 0.2) is 30.3 Å². The highest BCUT2D eigenvalue weighted by Gasteiger charge is 2.83. The third-order valence-electron chi connectivity index (χ3n) is 11.1. The molecule has 1 saturated heterocycles. The molecular formula is C34H39N7O8. The number of aliphatic hydroxyl groups is 1. The number of nitrogens with two attached hydrogens (primary N) is 4. The summed E-state index contributed by atoms with van der Waals surface area (Å²) in [6.45, 7) is 2.53. The molecule has 15 heteroatoms. The number of likely N-dealkylation sites (tertiary alicyclic amines) is 1. The summed E-state index contributed by atoms with van der Waals surface area (Å²) in [6.07, 6.45) is -0.145. The highest BCUT2D eigenvalue weighted by atomic mass is 16.5.